The van der Waals surface area contributed by atoms with Gasteiger partial charge in [-0.05, 0) is 43.3 Å². The van der Waals surface area contributed by atoms with Gasteiger partial charge in [-0.1, -0.05) is 26.0 Å². The minimum Gasteiger partial charge on any atom is -0.487 e. The molecule has 1 aromatic heterocycles. The van der Waals surface area contributed by atoms with Crippen molar-refractivity contribution in [3.63, 3.8) is 0 Å². The first-order valence-corrected chi connectivity index (χ1v) is 16.0. The number of cyclic esters (lactones) is 1. The Labute approximate surface area is 254 Å². The Kier molecular flexibility index (Phi) is 8.30. The molecule has 0 fully saturated rings. The van der Waals surface area contributed by atoms with Crippen LogP contribution in [-0.2, 0) is 21.4 Å². The summed E-state index contributed by atoms with van der Waals surface area (Å²) in [5, 5.41) is 2.95. The van der Waals surface area contributed by atoms with E-state index in [1.807, 2.05) is 13.8 Å². The largest absolute Gasteiger partial charge is 0.487 e. The van der Waals surface area contributed by atoms with Crippen LogP contribution in [0.25, 0.3) is 22.3 Å². The first-order chi connectivity index (χ1) is 20.9. The molecule has 0 unspecified atom stereocenters. The van der Waals surface area contributed by atoms with Gasteiger partial charge in [0.1, 0.15) is 40.8 Å². The monoisotopic (exact) mass is 624 g/mol. The summed E-state index contributed by atoms with van der Waals surface area (Å²) in [4.78, 5) is 26.3. The molecule has 12 heteroatoms. The maximum absolute atomic E-state index is 13.7. The Hall–Kier alpha value is -4.58. The number of amides is 1. The molecule has 44 heavy (non-hydrogen) atoms. The number of ether oxygens (including phenoxy) is 3. The van der Waals surface area contributed by atoms with E-state index in [-0.39, 0.29) is 47.1 Å². The lowest BCUT2D eigenvalue weighted by atomic mass is 10.0. The lowest BCUT2D eigenvalue weighted by Gasteiger charge is -2.36. The molecule has 0 saturated heterocycles. The summed E-state index contributed by atoms with van der Waals surface area (Å²) in [6.45, 7) is 5.35. The van der Waals surface area contributed by atoms with Crippen LogP contribution in [0, 0.1) is 5.82 Å². The van der Waals surface area contributed by atoms with Crippen LogP contribution in [0.5, 0.6) is 11.5 Å². The zero-order valence-electron chi connectivity index (χ0n) is 25.0. The van der Waals surface area contributed by atoms with Crippen molar-refractivity contribution >= 4 is 38.6 Å². The van der Waals surface area contributed by atoms with Crippen molar-refractivity contribution in [3.05, 3.63) is 77.1 Å². The number of carbonyl (C=O) groups is 2. The van der Waals surface area contributed by atoms with Crippen LogP contribution in [-0.4, -0.2) is 45.9 Å². The lowest BCUT2D eigenvalue weighted by molar-refractivity contribution is -0.158. The van der Waals surface area contributed by atoms with E-state index in [2.05, 4.69) is 5.32 Å². The van der Waals surface area contributed by atoms with Crippen LogP contribution >= 0.6 is 0 Å². The average Bonchev–Trinajstić information content (AvgIpc) is 3.37. The van der Waals surface area contributed by atoms with E-state index >= 15 is 0 Å². The molecule has 232 valence electrons. The standard InChI is InChI=1S/C32H33FN2O8S/c1-6-32(7-2)42-24-11-9-10-20(27(24)31(37)43-32)18-40-26-16-22-25(17-23(26)35(8-3)44(5,38)39)41-29(28(22)30(36)34-4)19-12-14-21(33)15-13-19/h9-17H,6-8,18H2,1-5H3,(H,34,36). The molecule has 1 amide bonds. The molecule has 0 saturated carbocycles. The number of sulfonamides is 1. The Balaban J connectivity index is 1.65. The van der Waals surface area contributed by atoms with Gasteiger partial charge in [0.15, 0.2) is 0 Å². The molecular formula is C32H33FN2O8S. The normalized spacial score (nSPS) is 14.0. The first-order valence-electron chi connectivity index (χ1n) is 14.2. The van der Waals surface area contributed by atoms with Crippen molar-refractivity contribution in [1.29, 1.82) is 0 Å². The second-order valence-corrected chi connectivity index (χ2v) is 12.2. The van der Waals surface area contributed by atoms with E-state index < -0.39 is 33.5 Å². The Bertz CT molecular complexity index is 1850. The van der Waals surface area contributed by atoms with Gasteiger partial charge in [-0.15, -0.1) is 0 Å². The molecule has 0 radical (unpaired) electrons. The molecule has 3 aromatic carbocycles. The topological polar surface area (TPSA) is 124 Å². The minimum absolute atomic E-state index is 0.0750. The molecule has 1 aliphatic rings. The van der Waals surface area contributed by atoms with E-state index in [0.29, 0.717) is 35.1 Å². The highest BCUT2D eigenvalue weighted by molar-refractivity contribution is 7.92. The number of furan rings is 1. The number of anilines is 1. The van der Waals surface area contributed by atoms with E-state index in [9.17, 15) is 22.4 Å². The van der Waals surface area contributed by atoms with Crippen LogP contribution in [0.3, 0.4) is 0 Å². The van der Waals surface area contributed by atoms with Crippen LogP contribution in [0.4, 0.5) is 10.1 Å². The molecule has 10 nitrogen and oxygen atoms in total. The molecular weight excluding hydrogens is 591 g/mol. The van der Waals surface area contributed by atoms with Gasteiger partial charge < -0.3 is 23.9 Å². The van der Waals surface area contributed by atoms with Gasteiger partial charge in [-0.3, -0.25) is 9.10 Å². The van der Waals surface area contributed by atoms with Crippen molar-refractivity contribution in [2.45, 2.75) is 46.0 Å². The summed E-state index contributed by atoms with van der Waals surface area (Å²) in [5.41, 5.74) is 1.69. The number of fused-ring (bicyclic) bond motifs is 2. The van der Waals surface area contributed by atoms with E-state index in [0.717, 1.165) is 10.6 Å². The highest BCUT2D eigenvalue weighted by Gasteiger charge is 2.40. The maximum Gasteiger partial charge on any atom is 0.345 e. The number of benzene rings is 3. The van der Waals surface area contributed by atoms with Crippen LogP contribution in [0.2, 0.25) is 0 Å². The summed E-state index contributed by atoms with van der Waals surface area (Å²) in [7, 11) is -2.30. The molecule has 0 atom stereocenters. The van der Waals surface area contributed by atoms with Gasteiger partial charge in [0, 0.05) is 49.0 Å². The number of nitrogens with zero attached hydrogens (tertiary/aromatic N) is 1. The number of nitrogens with one attached hydrogen (secondary N) is 1. The van der Waals surface area contributed by atoms with Crippen molar-refractivity contribution in [2.75, 3.05) is 24.2 Å². The highest BCUT2D eigenvalue weighted by Crippen LogP contribution is 2.42. The number of esters is 1. The summed E-state index contributed by atoms with van der Waals surface area (Å²) in [5.74, 6) is -1.85. The average molecular weight is 625 g/mol. The molecule has 1 N–H and O–H groups in total. The Morgan fingerprint density at radius 3 is 2.36 bits per heavy atom. The predicted molar refractivity (Wildman–Crippen MR) is 163 cm³/mol. The summed E-state index contributed by atoms with van der Waals surface area (Å²) >= 11 is 0. The third-order valence-corrected chi connectivity index (χ3v) is 8.89. The van der Waals surface area contributed by atoms with Crippen molar-refractivity contribution in [2.24, 2.45) is 0 Å². The fourth-order valence-electron chi connectivity index (χ4n) is 5.31. The number of halogens is 1. The van der Waals surface area contributed by atoms with Gasteiger partial charge in [0.25, 0.3) is 11.7 Å². The fraction of sp³-hybridized carbons (Fsp3) is 0.312. The Morgan fingerprint density at radius 2 is 1.75 bits per heavy atom. The van der Waals surface area contributed by atoms with Crippen molar-refractivity contribution < 1.29 is 41.0 Å². The first kappa shape index (κ1) is 30.9. The van der Waals surface area contributed by atoms with Gasteiger partial charge in [0.05, 0.1) is 17.5 Å². The molecule has 0 aliphatic carbocycles. The smallest absolute Gasteiger partial charge is 0.345 e. The van der Waals surface area contributed by atoms with Crippen molar-refractivity contribution in [1.82, 2.24) is 5.32 Å². The molecule has 5 rings (SSSR count). The van der Waals surface area contributed by atoms with Gasteiger partial charge in [-0.2, -0.15) is 0 Å². The minimum atomic E-state index is -3.77. The van der Waals surface area contributed by atoms with Gasteiger partial charge in [0.2, 0.25) is 10.0 Å². The SMILES string of the molecule is CCN(c1cc2oc(-c3ccc(F)cc3)c(C(=O)NC)c2cc1OCc1cccc2c1C(=O)OC(CC)(CC)O2)S(C)(=O)=O. The van der Waals surface area contributed by atoms with E-state index in [1.165, 1.54) is 43.4 Å². The predicted octanol–water partition coefficient (Wildman–Crippen LogP) is 6.03. The zero-order chi connectivity index (χ0) is 31.8. The quantitative estimate of drug-likeness (QED) is 0.212. The summed E-state index contributed by atoms with van der Waals surface area (Å²) in [6, 6.07) is 13.6. The highest BCUT2D eigenvalue weighted by atomic mass is 32.2. The maximum atomic E-state index is 13.7. The molecule has 1 aliphatic heterocycles. The van der Waals surface area contributed by atoms with Crippen molar-refractivity contribution in [3.8, 4) is 22.8 Å². The number of carbonyl (C=O) groups excluding carboxylic acids is 2. The molecule has 2 heterocycles. The Morgan fingerprint density at radius 1 is 1.05 bits per heavy atom. The van der Waals surface area contributed by atoms with Crippen LogP contribution in [0.15, 0.2) is 59.0 Å². The molecule has 4 aromatic rings. The van der Waals surface area contributed by atoms with E-state index in [4.69, 9.17) is 18.6 Å². The number of rotatable bonds is 10. The summed E-state index contributed by atoms with van der Waals surface area (Å²) < 4.78 is 64.6. The van der Waals surface area contributed by atoms with Crippen LogP contribution < -0.4 is 19.1 Å². The van der Waals surface area contributed by atoms with Gasteiger partial charge >= 0.3 is 5.97 Å². The van der Waals surface area contributed by atoms with Crippen LogP contribution in [0.1, 0.15) is 59.9 Å². The fourth-order valence-corrected chi connectivity index (χ4v) is 6.28. The number of hydrogen-bond donors (Lipinski definition) is 1. The zero-order valence-corrected chi connectivity index (χ0v) is 25.8. The molecule has 0 bridgehead atoms. The third kappa shape index (κ3) is 5.57. The summed E-state index contributed by atoms with van der Waals surface area (Å²) in [6.07, 6.45) is 2.01. The number of hydrogen-bond acceptors (Lipinski definition) is 8. The third-order valence-electron chi connectivity index (χ3n) is 7.64. The second kappa shape index (κ2) is 11.8. The lowest BCUT2D eigenvalue weighted by Crippen LogP contribution is -2.44. The molecule has 0 spiro atoms. The second-order valence-electron chi connectivity index (χ2n) is 10.3. The van der Waals surface area contributed by atoms with E-state index in [1.54, 1.807) is 25.1 Å². The van der Waals surface area contributed by atoms with Gasteiger partial charge in [-0.25, -0.2) is 17.6 Å².